The van der Waals surface area contributed by atoms with Crippen molar-refractivity contribution in [3.8, 4) is 0 Å². The third-order valence-electron chi connectivity index (χ3n) is 1.77. The number of aryl methyl sites for hydroxylation is 1. The minimum absolute atomic E-state index is 0.0255. The highest BCUT2D eigenvalue weighted by atomic mass is 16.6. The first-order valence-corrected chi connectivity index (χ1v) is 3.89. The van der Waals surface area contributed by atoms with E-state index in [-0.39, 0.29) is 5.69 Å². The SMILES string of the molecule is Cc1ccnc([C@@H](C)N)c1[N+](=O)[O-]. The molecule has 0 radical (unpaired) electrons. The van der Waals surface area contributed by atoms with Gasteiger partial charge in [0.05, 0.1) is 11.0 Å². The molecule has 0 aliphatic carbocycles. The maximum absolute atomic E-state index is 10.7. The highest BCUT2D eigenvalue weighted by Gasteiger charge is 2.20. The smallest absolute Gasteiger partial charge is 0.295 e. The Hall–Kier alpha value is -1.49. The van der Waals surface area contributed by atoms with Crippen LogP contribution in [0.25, 0.3) is 0 Å². The molecule has 0 spiro atoms. The van der Waals surface area contributed by atoms with Crippen LogP contribution in [-0.2, 0) is 0 Å². The lowest BCUT2D eigenvalue weighted by atomic mass is 10.1. The van der Waals surface area contributed by atoms with Crippen molar-refractivity contribution in [3.63, 3.8) is 0 Å². The van der Waals surface area contributed by atoms with Crippen molar-refractivity contribution in [3.05, 3.63) is 33.6 Å². The molecule has 1 atom stereocenters. The van der Waals surface area contributed by atoms with Crippen LogP contribution in [0.15, 0.2) is 12.3 Å². The molecule has 5 heteroatoms. The number of pyridine rings is 1. The molecule has 0 aromatic carbocycles. The van der Waals surface area contributed by atoms with Crippen LogP contribution >= 0.6 is 0 Å². The van der Waals surface area contributed by atoms with E-state index in [1.54, 1.807) is 19.9 Å². The van der Waals surface area contributed by atoms with Crippen molar-refractivity contribution in [2.75, 3.05) is 0 Å². The summed E-state index contributed by atoms with van der Waals surface area (Å²) in [7, 11) is 0. The Bertz CT molecular complexity index is 336. The van der Waals surface area contributed by atoms with Gasteiger partial charge in [0.25, 0.3) is 5.69 Å². The highest BCUT2D eigenvalue weighted by molar-refractivity contribution is 5.44. The molecular weight excluding hydrogens is 170 g/mol. The van der Waals surface area contributed by atoms with Gasteiger partial charge in [-0.05, 0) is 19.9 Å². The Morgan fingerprint density at radius 3 is 2.69 bits per heavy atom. The molecule has 0 unspecified atom stereocenters. The third kappa shape index (κ3) is 1.81. The van der Waals surface area contributed by atoms with Crippen molar-refractivity contribution in [2.45, 2.75) is 19.9 Å². The van der Waals surface area contributed by atoms with Gasteiger partial charge in [0.2, 0.25) is 0 Å². The highest BCUT2D eigenvalue weighted by Crippen LogP contribution is 2.24. The molecule has 1 aromatic heterocycles. The summed E-state index contributed by atoms with van der Waals surface area (Å²) < 4.78 is 0. The molecule has 0 amide bonds. The van der Waals surface area contributed by atoms with E-state index in [1.807, 2.05) is 0 Å². The Balaban J connectivity index is 3.34. The minimum atomic E-state index is -0.443. The fourth-order valence-corrected chi connectivity index (χ4v) is 1.14. The van der Waals surface area contributed by atoms with E-state index in [0.29, 0.717) is 11.3 Å². The Morgan fingerprint density at radius 2 is 2.31 bits per heavy atom. The molecule has 0 fully saturated rings. The topological polar surface area (TPSA) is 82.0 Å². The lowest BCUT2D eigenvalue weighted by Gasteiger charge is -2.06. The predicted molar refractivity (Wildman–Crippen MR) is 48.2 cm³/mol. The summed E-state index contributed by atoms with van der Waals surface area (Å²) in [5.74, 6) is 0. The molecule has 0 aliphatic heterocycles. The van der Waals surface area contributed by atoms with Crippen LogP contribution in [-0.4, -0.2) is 9.91 Å². The number of nitrogens with two attached hydrogens (primary N) is 1. The van der Waals surface area contributed by atoms with Crippen LogP contribution in [0, 0.1) is 17.0 Å². The summed E-state index contributed by atoms with van der Waals surface area (Å²) in [6.45, 7) is 3.35. The number of hydrogen-bond acceptors (Lipinski definition) is 4. The standard InChI is InChI=1S/C8H11N3O2/c1-5-3-4-10-7(6(2)9)8(5)11(12)13/h3-4,6H,9H2,1-2H3/t6-/m1/s1. The van der Waals surface area contributed by atoms with Crippen molar-refractivity contribution < 1.29 is 4.92 Å². The molecule has 0 saturated heterocycles. The summed E-state index contributed by atoms with van der Waals surface area (Å²) in [6, 6.07) is 1.18. The largest absolute Gasteiger partial charge is 0.323 e. The molecule has 0 bridgehead atoms. The molecule has 0 saturated carbocycles. The van der Waals surface area contributed by atoms with Crippen molar-refractivity contribution >= 4 is 5.69 Å². The van der Waals surface area contributed by atoms with Crippen LogP contribution < -0.4 is 5.73 Å². The third-order valence-corrected chi connectivity index (χ3v) is 1.77. The Labute approximate surface area is 75.7 Å². The average molecular weight is 181 g/mol. The van der Waals surface area contributed by atoms with Gasteiger partial charge < -0.3 is 5.73 Å². The Kier molecular flexibility index (Phi) is 2.57. The molecule has 70 valence electrons. The van der Waals surface area contributed by atoms with Crippen LogP contribution in [0.1, 0.15) is 24.2 Å². The van der Waals surface area contributed by atoms with Gasteiger partial charge in [-0.3, -0.25) is 15.1 Å². The van der Waals surface area contributed by atoms with E-state index in [4.69, 9.17) is 5.73 Å². The second kappa shape index (κ2) is 3.49. The number of hydrogen-bond donors (Lipinski definition) is 1. The van der Waals surface area contributed by atoms with E-state index >= 15 is 0 Å². The molecule has 1 aromatic rings. The quantitative estimate of drug-likeness (QED) is 0.551. The number of aromatic nitrogens is 1. The van der Waals surface area contributed by atoms with Gasteiger partial charge in [-0.25, -0.2) is 0 Å². The molecule has 2 N–H and O–H groups in total. The van der Waals surface area contributed by atoms with E-state index in [2.05, 4.69) is 4.98 Å². The van der Waals surface area contributed by atoms with Crippen molar-refractivity contribution in [1.29, 1.82) is 0 Å². The van der Waals surface area contributed by atoms with Gasteiger partial charge in [0, 0.05) is 11.8 Å². The molecular formula is C8H11N3O2. The lowest BCUT2D eigenvalue weighted by molar-refractivity contribution is -0.386. The van der Waals surface area contributed by atoms with Gasteiger partial charge in [-0.2, -0.15) is 0 Å². The first-order chi connectivity index (χ1) is 6.04. The van der Waals surface area contributed by atoms with Crippen LogP contribution in [0.3, 0.4) is 0 Å². The van der Waals surface area contributed by atoms with Gasteiger partial charge in [0.15, 0.2) is 0 Å². The second-order valence-electron chi connectivity index (χ2n) is 2.91. The van der Waals surface area contributed by atoms with E-state index < -0.39 is 11.0 Å². The summed E-state index contributed by atoms with van der Waals surface area (Å²) in [4.78, 5) is 14.1. The zero-order valence-corrected chi connectivity index (χ0v) is 7.52. The fraction of sp³-hybridized carbons (Fsp3) is 0.375. The zero-order chi connectivity index (χ0) is 10.0. The molecule has 0 aliphatic rings. The maximum Gasteiger partial charge on any atom is 0.295 e. The van der Waals surface area contributed by atoms with Gasteiger partial charge in [0.1, 0.15) is 5.69 Å². The van der Waals surface area contributed by atoms with E-state index in [0.717, 1.165) is 0 Å². The first kappa shape index (κ1) is 9.60. The second-order valence-corrected chi connectivity index (χ2v) is 2.91. The first-order valence-electron chi connectivity index (χ1n) is 3.89. The lowest BCUT2D eigenvalue weighted by Crippen LogP contribution is -2.11. The van der Waals surface area contributed by atoms with Crippen molar-refractivity contribution in [2.24, 2.45) is 5.73 Å². The minimum Gasteiger partial charge on any atom is -0.323 e. The number of nitro groups is 1. The zero-order valence-electron chi connectivity index (χ0n) is 7.52. The average Bonchev–Trinajstić information content (AvgIpc) is 2.02. The summed E-state index contributed by atoms with van der Waals surface area (Å²) in [5.41, 5.74) is 6.51. The molecule has 1 heterocycles. The Morgan fingerprint density at radius 1 is 1.69 bits per heavy atom. The molecule has 5 nitrogen and oxygen atoms in total. The van der Waals surface area contributed by atoms with Gasteiger partial charge in [-0.15, -0.1) is 0 Å². The maximum atomic E-state index is 10.7. The number of rotatable bonds is 2. The van der Waals surface area contributed by atoms with Crippen LogP contribution in [0.2, 0.25) is 0 Å². The fourth-order valence-electron chi connectivity index (χ4n) is 1.14. The van der Waals surface area contributed by atoms with Gasteiger partial charge in [-0.1, -0.05) is 0 Å². The molecule has 13 heavy (non-hydrogen) atoms. The monoisotopic (exact) mass is 181 g/mol. The predicted octanol–water partition coefficient (Wildman–Crippen LogP) is 1.32. The summed E-state index contributed by atoms with van der Waals surface area (Å²) >= 11 is 0. The molecule has 1 rings (SSSR count). The van der Waals surface area contributed by atoms with Crippen LogP contribution in [0.5, 0.6) is 0 Å². The normalized spacial score (nSPS) is 12.5. The number of nitrogens with zero attached hydrogens (tertiary/aromatic N) is 2. The summed E-state index contributed by atoms with van der Waals surface area (Å²) in [6.07, 6.45) is 1.53. The van der Waals surface area contributed by atoms with E-state index in [9.17, 15) is 10.1 Å². The van der Waals surface area contributed by atoms with E-state index in [1.165, 1.54) is 6.20 Å². The van der Waals surface area contributed by atoms with Crippen LogP contribution in [0.4, 0.5) is 5.69 Å². The summed E-state index contributed by atoms with van der Waals surface area (Å²) in [5, 5.41) is 10.7. The van der Waals surface area contributed by atoms with Gasteiger partial charge >= 0.3 is 0 Å². The van der Waals surface area contributed by atoms with Crippen molar-refractivity contribution in [1.82, 2.24) is 4.98 Å².